The van der Waals surface area contributed by atoms with E-state index in [-0.39, 0.29) is 12.5 Å². The van der Waals surface area contributed by atoms with E-state index < -0.39 is 0 Å². The SMILES string of the molecule is CSc1cccc(NCC(=O)Nc2ccc(C)cc2C)c1. The summed E-state index contributed by atoms with van der Waals surface area (Å²) in [5.41, 5.74) is 4.09. The highest BCUT2D eigenvalue weighted by Gasteiger charge is 2.05. The number of benzene rings is 2. The number of carbonyl (C=O) groups is 1. The van der Waals surface area contributed by atoms with Gasteiger partial charge in [-0.1, -0.05) is 23.8 Å². The van der Waals surface area contributed by atoms with Crippen molar-refractivity contribution in [3.63, 3.8) is 0 Å². The van der Waals surface area contributed by atoms with Crippen molar-refractivity contribution in [3.8, 4) is 0 Å². The number of carbonyl (C=O) groups excluding carboxylic acids is 1. The van der Waals surface area contributed by atoms with Gasteiger partial charge in [-0.2, -0.15) is 0 Å². The van der Waals surface area contributed by atoms with Gasteiger partial charge in [0.05, 0.1) is 6.54 Å². The quantitative estimate of drug-likeness (QED) is 0.818. The first-order valence-corrected chi connectivity index (χ1v) is 8.06. The second kappa shape index (κ2) is 7.18. The topological polar surface area (TPSA) is 41.1 Å². The van der Waals surface area contributed by atoms with Crippen LogP contribution in [0.3, 0.4) is 0 Å². The number of thioether (sulfide) groups is 1. The van der Waals surface area contributed by atoms with Crippen molar-refractivity contribution >= 4 is 29.0 Å². The van der Waals surface area contributed by atoms with Crippen molar-refractivity contribution in [1.82, 2.24) is 0 Å². The summed E-state index contributed by atoms with van der Waals surface area (Å²) in [4.78, 5) is 13.2. The van der Waals surface area contributed by atoms with Gasteiger partial charge in [0.1, 0.15) is 0 Å². The normalized spacial score (nSPS) is 10.2. The largest absolute Gasteiger partial charge is 0.376 e. The molecule has 0 radical (unpaired) electrons. The van der Waals surface area contributed by atoms with Crippen LogP contribution in [0.5, 0.6) is 0 Å². The first-order valence-electron chi connectivity index (χ1n) is 6.83. The molecule has 0 heterocycles. The third-order valence-corrected chi connectivity index (χ3v) is 3.90. The van der Waals surface area contributed by atoms with E-state index in [4.69, 9.17) is 0 Å². The number of anilines is 2. The molecule has 0 saturated heterocycles. The molecule has 1 amide bonds. The smallest absolute Gasteiger partial charge is 0.243 e. The average molecular weight is 300 g/mol. The lowest BCUT2D eigenvalue weighted by Gasteiger charge is -2.11. The van der Waals surface area contributed by atoms with Gasteiger partial charge in [-0.3, -0.25) is 4.79 Å². The number of hydrogen-bond acceptors (Lipinski definition) is 3. The Labute approximate surface area is 130 Å². The van der Waals surface area contributed by atoms with Crippen LogP contribution in [0.15, 0.2) is 47.4 Å². The Bertz CT molecular complexity index is 640. The molecule has 0 aliphatic rings. The lowest BCUT2D eigenvalue weighted by atomic mass is 10.1. The first kappa shape index (κ1) is 15.4. The fourth-order valence-electron chi connectivity index (χ4n) is 2.06. The molecule has 0 aliphatic carbocycles. The Morgan fingerprint density at radius 2 is 1.95 bits per heavy atom. The summed E-state index contributed by atoms with van der Waals surface area (Å²) < 4.78 is 0. The van der Waals surface area contributed by atoms with E-state index in [2.05, 4.69) is 16.7 Å². The zero-order valence-corrected chi connectivity index (χ0v) is 13.4. The predicted octanol–water partition coefficient (Wildman–Crippen LogP) is 4.08. The van der Waals surface area contributed by atoms with E-state index in [0.29, 0.717) is 0 Å². The summed E-state index contributed by atoms with van der Waals surface area (Å²) in [6.07, 6.45) is 2.03. The van der Waals surface area contributed by atoms with E-state index >= 15 is 0 Å². The lowest BCUT2D eigenvalue weighted by Crippen LogP contribution is -2.22. The summed E-state index contributed by atoms with van der Waals surface area (Å²) in [6, 6.07) is 14.0. The van der Waals surface area contributed by atoms with Crippen LogP contribution < -0.4 is 10.6 Å². The molecule has 0 bridgehead atoms. The highest BCUT2D eigenvalue weighted by molar-refractivity contribution is 7.98. The van der Waals surface area contributed by atoms with Crippen LogP contribution >= 0.6 is 11.8 Å². The lowest BCUT2D eigenvalue weighted by molar-refractivity contribution is -0.114. The van der Waals surface area contributed by atoms with E-state index in [1.54, 1.807) is 11.8 Å². The fraction of sp³-hybridized carbons (Fsp3) is 0.235. The van der Waals surface area contributed by atoms with E-state index in [0.717, 1.165) is 16.9 Å². The molecule has 2 rings (SSSR count). The number of nitrogens with one attached hydrogen (secondary N) is 2. The Morgan fingerprint density at radius 3 is 2.67 bits per heavy atom. The van der Waals surface area contributed by atoms with Crippen molar-refractivity contribution in [3.05, 3.63) is 53.6 Å². The number of rotatable bonds is 5. The summed E-state index contributed by atoms with van der Waals surface area (Å²) in [5.74, 6) is -0.0449. The molecule has 2 aromatic rings. The molecule has 0 aromatic heterocycles. The number of aryl methyl sites for hydroxylation is 2. The highest BCUT2D eigenvalue weighted by Crippen LogP contribution is 2.19. The van der Waals surface area contributed by atoms with Gasteiger partial charge in [0.15, 0.2) is 0 Å². The molecular weight excluding hydrogens is 280 g/mol. The molecule has 0 saturated carbocycles. The van der Waals surface area contributed by atoms with Crippen molar-refractivity contribution < 1.29 is 4.79 Å². The van der Waals surface area contributed by atoms with Gasteiger partial charge in [-0.05, 0) is 49.9 Å². The van der Waals surface area contributed by atoms with Crippen LogP contribution in [0.1, 0.15) is 11.1 Å². The first-order chi connectivity index (χ1) is 10.1. The molecule has 0 fully saturated rings. The van der Waals surface area contributed by atoms with Gasteiger partial charge < -0.3 is 10.6 Å². The summed E-state index contributed by atoms with van der Waals surface area (Å²) in [7, 11) is 0. The van der Waals surface area contributed by atoms with Gasteiger partial charge in [-0.15, -0.1) is 11.8 Å². The van der Waals surface area contributed by atoms with Crippen LogP contribution in [-0.2, 0) is 4.79 Å². The Morgan fingerprint density at radius 1 is 1.14 bits per heavy atom. The summed E-state index contributed by atoms with van der Waals surface area (Å²) >= 11 is 1.68. The van der Waals surface area contributed by atoms with Crippen LogP contribution in [0, 0.1) is 13.8 Å². The Balaban J connectivity index is 1.92. The van der Waals surface area contributed by atoms with Gasteiger partial charge in [0.25, 0.3) is 0 Å². The molecule has 4 heteroatoms. The minimum atomic E-state index is -0.0449. The summed E-state index contributed by atoms with van der Waals surface area (Å²) in [5, 5.41) is 6.07. The monoisotopic (exact) mass is 300 g/mol. The van der Waals surface area contributed by atoms with E-state index in [1.807, 2.05) is 56.5 Å². The molecule has 0 atom stereocenters. The third kappa shape index (κ3) is 4.53. The standard InChI is InChI=1S/C17H20N2OS/c1-12-7-8-16(13(2)9-12)19-17(20)11-18-14-5-4-6-15(10-14)21-3/h4-10,18H,11H2,1-3H3,(H,19,20). The number of hydrogen-bond donors (Lipinski definition) is 2. The van der Waals surface area contributed by atoms with Crippen molar-refractivity contribution in [2.24, 2.45) is 0 Å². The second-order valence-electron chi connectivity index (χ2n) is 4.95. The zero-order valence-electron chi connectivity index (χ0n) is 12.6. The third-order valence-electron chi connectivity index (χ3n) is 3.18. The van der Waals surface area contributed by atoms with Crippen LogP contribution in [0.2, 0.25) is 0 Å². The van der Waals surface area contributed by atoms with Gasteiger partial charge in [0, 0.05) is 16.3 Å². The van der Waals surface area contributed by atoms with E-state index in [9.17, 15) is 4.79 Å². The number of amides is 1. The maximum absolute atomic E-state index is 12.0. The van der Waals surface area contributed by atoms with Crippen molar-refractivity contribution in [1.29, 1.82) is 0 Å². The van der Waals surface area contributed by atoms with Crippen LogP contribution in [0.25, 0.3) is 0 Å². The molecule has 0 spiro atoms. The Kier molecular flexibility index (Phi) is 5.28. The van der Waals surface area contributed by atoms with E-state index in [1.165, 1.54) is 10.5 Å². The maximum Gasteiger partial charge on any atom is 0.243 e. The van der Waals surface area contributed by atoms with Crippen molar-refractivity contribution in [2.75, 3.05) is 23.4 Å². The predicted molar refractivity (Wildman–Crippen MR) is 91.3 cm³/mol. The minimum absolute atomic E-state index is 0.0449. The van der Waals surface area contributed by atoms with Gasteiger partial charge in [0.2, 0.25) is 5.91 Å². The zero-order chi connectivity index (χ0) is 15.2. The van der Waals surface area contributed by atoms with Crippen LogP contribution in [-0.4, -0.2) is 18.7 Å². The maximum atomic E-state index is 12.0. The average Bonchev–Trinajstić information content (AvgIpc) is 2.48. The molecule has 2 aromatic carbocycles. The Hall–Kier alpha value is -1.94. The second-order valence-corrected chi connectivity index (χ2v) is 5.83. The molecule has 3 nitrogen and oxygen atoms in total. The fourth-order valence-corrected chi connectivity index (χ4v) is 2.52. The molecule has 0 aliphatic heterocycles. The molecule has 110 valence electrons. The molecule has 0 unspecified atom stereocenters. The van der Waals surface area contributed by atoms with Crippen molar-refractivity contribution in [2.45, 2.75) is 18.7 Å². The highest BCUT2D eigenvalue weighted by atomic mass is 32.2. The molecule has 2 N–H and O–H groups in total. The van der Waals surface area contributed by atoms with Gasteiger partial charge in [-0.25, -0.2) is 0 Å². The summed E-state index contributed by atoms with van der Waals surface area (Å²) in [6.45, 7) is 4.29. The van der Waals surface area contributed by atoms with Gasteiger partial charge >= 0.3 is 0 Å². The molecular formula is C17H20N2OS. The minimum Gasteiger partial charge on any atom is -0.376 e. The van der Waals surface area contributed by atoms with Crippen LogP contribution in [0.4, 0.5) is 11.4 Å². The molecule has 21 heavy (non-hydrogen) atoms.